The fourth-order valence-corrected chi connectivity index (χ4v) is 10.8. The molecule has 7 atom stereocenters. The van der Waals surface area contributed by atoms with Gasteiger partial charge in [0.05, 0.1) is 25.4 Å². The highest BCUT2D eigenvalue weighted by atomic mass is 16.7. The molecule has 9 heteroatoms. The fraction of sp³-hybridized carbons (Fsp3) is 0.843. The number of aliphatic hydroxyl groups excluding tert-OH is 5. The Morgan fingerprint density at radius 1 is 0.443 bits per heavy atom. The van der Waals surface area contributed by atoms with Crippen LogP contribution >= 0.6 is 0 Å². The third-order valence-corrected chi connectivity index (χ3v) is 16.1. The molecule has 1 aliphatic rings. The monoisotopic (exact) mass is 1110 g/mol. The second-order valence-corrected chi connectivity index (χ2v) is 23.6. The number of hydrogen-bond acceptors (Lipinski definition) is 8. The van der Waals surface area contributed by atoms with Crippen LogP contribution in [0.5, 0.6) is 0 Å². The summed E-state index contributed by atoms with van der Waals surface area (Å²) < 4.78 is 11.3. The van der Waals surface area contributed by atoms with E-state index in [9.17, 15) is 30.3 Å². The summed E-state index contributed by atoms with van der Waals surface area (Å²) in [6.45, 7) is 3.71. The number of hydrogen-bond donors (Lipinski definition) is 6. The van der Waals surface area contributed by atoms with Crippen molar-refractivity contribution in [2.24, 2.45) is 0 Å². The highest BCUT2D eigenvalue weighted by Gasteiger charge is 2.44. The van der Waals surface area contributed by atoms with Crippen molar-refractivity contribution in [3.8, 4) is 0 Å². The van der Waals surface area contributed by atoms with Gasteiger partial charge in [0.25, 0.3) is 0 Å². The van der Waals surface area contributed by atoms with Crippen LogP contribution in [-0.4, -0.2) is 87.5 Å². The maximum absolute atomic E-state index is 13.1. The number of aliphatic hydroxyl groups is 5. The Morgan fingerprint density at radius 2 is 0.785 bits per heavy atom. The summed E-state index contributed by atoms with van der Waals surface area (Å²) in [7, 11) is 0. The molecule has 0 bridgehead atoms. The van der Waals surface area contributed by atoms with Crippen LogP contribution in [0.4, 0.5) is 0 Å². The zero-order valence-corrected chi connectivity index (χ0v) is 51.6. The van der Waals surface area contributed by atoms with E-state index in [2.05, 4.69) is 67.8 Å². The minimum Gasteiger partial charge on any atom is -0.394 e. The fourth-order valence-electron chi connectivity index (χ4n) is 10.8. The average molecular weight is 1110 g/mol. The molecule has 0 aromatic rings. The van der Waals surface area contributed by atoms with Crippen molar-refractivity contribution in [3.63, 3.8) is 0 Å². The van der Waals surface area contributed by atoms with Gasteiger partial charge >= 0.3 is 0 Å². The summed E-state index contributed by atoms with van der Waals surface area (Å²) in [5, 5.41) is 54.7. The van der Waals surface area contributed by atoms with Gasteiger partial charge in [0, 0.05) is 6.42 Å². The number of unbranched alkanes of at least 4 members (excludes halogenated alkanes) is 41. The second-order valence-electron chi connectivity index (χ2n) is 23.6. The van der Waals surface area contributed by atoms with Crippen molar-refractivity contribution < 1.29 is 39.8 Å². The van der Waals surface area contributed by atoms with Gasteiger partial charge in [-0.25, -0.2) is 0 Å². The van der Waals surface area contributed by atoms with Crippen LogP contribution in [0, 0.1) is 0 Å². The topological polar surface area (TPSA) is 149 Å². The normalized spacial score (nSPS) is 18.9. The van der Waals surface area contributed by atoms with Gasteiger partial charge in [0.15, 0.2) is 6.29 Å². The van der Waals surface area contributed by atoms with E-state index >= 15 is 0 Å². The molecule has 1 amide bonds. The second kappa shape index (κ2) is 59.1. The third kappa shape index (κ3) is 48.0. The number of carbonyl (C=O) groups excluding carboxylic acids is 1. The lowest BCUT2D eigenvalue weighted by atomic mass is 9.99. The minimum atomic E-state index is -1.57. The summed E-state index contributed by atoms with van der Waals surface area (Å²) in [4.78, 5) is 13.1. The van der Waals surface area contributed by atoms with Crippen molar-refractivity contribution in [2.75, 3.05) is 13.2 Å². The highest BCUT2D eigenvalue weighted by molar-refractivity contribution is 5.76. The Balaban J connectivity index is 2.14. The molecule has 0 radical (unpaired) electrons. The van der Waals surface area contributed by atoms with E-state index in [1.54, 1.807) is 6.08 Å². The maximum Gasteiger partial charge on any atom is 0.220 e. The average Bonchev–Trinajstić information content (AvgIpc) is 3.47. The molecule has 1 saturated heterocycles. The molecule has 0 aliphatic carbocycles. The van der Waals surface area contributed by atoms with Gasteiger partial charge in [-0.3, -0.25) is 4.79 Å². The van der Waals surface area contributed by atoms with E-state index in [0.29, 0.717) is 6.42 Å². The van der Waals surface area contributed by atoms with Gasteiger partial charge in [0.2, 0.25) is 5.91 Å². The SMILES string of the molecule is CC/C=C\C/C=C\C/C=C\C/C=C\CCCCCCCCCCCCCCC(=O)NC(COC1OC(CO)C(O)C(O)C1O)C(O)/C=C/CCCCCCCCCCCCCCCCCCCCCCCCCCCCCCC. The first-order chi connectivity index (χ1) is 38.8. The molecule has 1 heterocycles. The Bertz CT molecular complexity index is 1430. The van der Waals surface area contributed by atoms with E-state index < -0.39 is 49.5 Å². The molecule has 0 aromatic carbocycles. The van der Waals surface area contributed by atoms with Crippen molar-refractivity contribution in [1.82, 2.24) is 5.32 Å². The minimum absolute atomic E-state index is 0.177. The molecular weight excluding hydrogens is 983 g/mol. The largest absolute Gasteiger partial charge is 0.394 e. The molecule has 79 heavy (non-hydrogen) atoms. The molecule has 9 nitrogen and oxygen atoms in total. The first-order valence-corrected chi connectivity index (χ1v) is 34.0. The first kappa shape index (κ1) is 74.9. The van der Waals surface area contributed by atoms with Crippen molar-refractivity contribution in [1.29, 1.82) is 0 Å². The Labute approximate surface area is 487 Å². The lowest BCUT2D eigenvalue weighted by Crippen LogP contribution is -2.60. The molecule has 6 N–H and O–H groups in total. The van der Waals surface area contributed by atoms with Crippen LogP contribution in [0.15, 0.2) is 60.8 Å². The zero-order chi connectivity index (χ0) is 57.2. The molecule has 0 aromatic heterocycles. The quantitative estimate of drug-likeness (QED) is 0.0261. The van der Waals surface area contributed by atoms with Gasteiger partial charge in [-0.05, 0) is 57.8 Å². The predicted molar refractivity (Wildman–Crippen MR) is 336 cm³/mol. The summed E-state index contributed by atoms with van der Waals surface area (Å²) in [5.74, 6) is -0.177. The lowest BCUT2D eigenvalue weighted by molar-refractivity contribution is -0.302. The number of carbonyl (C=O) groups is 1. The Morgan fingerprint density at radius 3 is 1.16 bits per heavy atom. The van der Waals surface area contributed by atoms with Gasteiger partial charge in [-0.2, -0.15) is 0 Å². The number of nitrogens with one attached hydrogen (secondary N) is 1. The van der Waals surface area contributed by atoms with Gasteiger partial charge in [0.1, 0.15) is 24.4 Å². The summed E-state index contributed by atoms with van der Waals surface area (Å²) in [5.41, 5.74) is 0. The van der Waals surface area contributed by atoms with Crippen molar-refractivity contribution >= 4 is 5.91 Å². The van der Waals surface area contributed by atoms with Gasteiger partial charge in [-0.1, -0.05) is 319 Å². The molecule has 1 fully saturated rings. The third-order valence-electron chi connectivity index (χ3n) is 16.1. The Kier molecular flexibility index (Phi) is 56.0. The number of amides is 1. The number of allylic oxidation sites excluding steroid dienone is 9. The molecule has 0 spiro atoms. The van der Waals surface area contributed by atoms with E-state index in [-0.39, 0.29) is 12.5 Å². The lowest BCUT2D eigenvalue weighted by Gasteiger charge is -2.40. The highest BCUT2D eigenvalue weighted by Crippen LogP contribution is 2.23. The van der Waals surface area contributed by atoms with E-state index in [4.69, 9.17) is 9.47 Å². The molecule has 462 valence electrons. The van der Waals surface area contributed by atoms with Crippen LogP contribution in [0.3, 0.4) is 0 Å². The van der Waals surface area contributed by atoms with Crippen LogP contribution < -0.4 is 5.32 Å². The van der Waals surface area contributed by atoms with Crippen LogP contribution in [0.25, 0.3) is 0 Å². The smallest absolute Gasteiger partial charge is 0.220 e. The maximum atomic E-state index is 13.1. The van der Waals surface area contributed by atoms with Crippen LogP contribution in [-0.2, 0) is 14.3 Å². The zero-order valence-electron chi connectivity index (χ0n) is 51.6. The van der Waals surface area contributed by atoms with Crippen LogP contribution in [0.2, 0.25) is 0 Å². The standard InChI is InChI=1S/C70H129NO8/c1-3-5-7-9-11-13-15-17-19-21-23-25-27-29-30-31-32-33-34-36-37-39-41-43-45-47-49-51-53-55-57-59-64(73)63(62-78-70-69(77)68(76)67(75)65(61-72)79-70)71-66(74)60-58-56-54-52-50-48-46-44-42-40-38-35-28-26-24-22-20-18-16-14-12-10-8-6-4-2/h6,8,12,14,18,20,24,26,57,59,63-65,67-70,72-73,75-77H,3-5,7,9-11,13,15-17,19,21-23,25,27-56,58,60-62H2,1-2H3,(H,71,74)/b8-6-,14-12-,20-18-,26-24-,59-57+. The van der Waals surface area contributed by atoms with Gasteiger partial charge < -0.3 is 40.3 Å². The summed E-state index contributed by atoms with van der Waals surface area (Å²) in [6.07, 6.45) is 74.6. The molecule has 1 aliphatic heterocycles. The van der Waals surface area contributed by atoms with Crippen molar-refractivity contribution in [2.45, 2.75) is 365 Å². The van der Waals surface area contributed by atoms with Crippen molar-refractivity contribution in [3.05, 3.63) is 60.8 Å². The first-order valence-electron chi connectivity index (χ1n) is 34.0. The number of ether oxygens (including phenoxy) is 2. The summed E-state index contributed by atoms with van der Waals surface area (Å²) in [6, 6.07) is -0.810. The molecule has 0 saturated carbocycles. The molecule has 1 rings (SSSR count). The summed E-state index contributed by atoms with van der Waals surface area (Å²) >= 11 is 0. The predicted octanol–water partition coefficient (Wildman–Crippen LogP) is 18.2. The van der Waals surface area contributed by atoms with Crippen LogP contribution in [0.1, 0.15) is 322 Å². The number of rotatable bonds is 59. The van der Waals surface area contributed by atoms with E-state index in [0.717, 1.165) is 64.2 Å². The molecular formula is C70H129NO8. The molecule has 7 unspecified atom stereocenters. The van der Waals surface area contributed by atoms with Gasteiger partial charge in [-0.15, -0.1) is 0 Å². The van der Waals surface area contributed by atoms with E-state index in [1.807, 2.05) is 6.08 Å². The van der Waals surface area contributed by atoms with E-state index in [1.165, 1.54) is 238 Å². The Hall–Kier alpha value is -2.11.